The Balaban J connectivity index is 2.31. The Bertz CT molecular complexity index is 532. The second kappa shape index (κ2) is 4.68. The molecule has 16 heavy (non-hydrogen) atoms. The summed E-state index contributed by atoms with van der Waals surface area (Å²) < 4.78 is 5.00. The van der Waals surface area contributed by atoms with Crippen LogP contribution in [0.15, 0.2) is 17.8 Å². The molecule has 0 aliphatic rings. The van der Waals surface area contributed by atoms with Gasteiger partial charge in [-0.1, -0.05) is 0 Å². The van der Waals surface area contributed by atoms with Crippen LogP contribution in [0.5, 0.6) is 5.88 Å². The van der Waals surface area contributed by atoms with Crippen LogP contribution in [-0.4, -0.2) is 22.1 Å². The Hall–Kier alpha value is -2.00. The van der Waals surface area contributed by atoms with Gasteiger partial charge < -0.3 is 4.74 Å². The van der Waals surface area contributed by atoms with Gasteiger partial charge in [0.25, 0.3) is 0 Å². The molecule has 0 aromatic carbocycles. The highest BCUT2D eigenvalue weighted by Gasteiger charge is 2.07. The molecule has 0 N–H and O–H groups in total. The Morgan fingerprint density at radius 2 is 2.38 bits per heavy atom. The number of nitriles is 1. The van der Waals surface area contributed by atoms with Crippen LogP contribution in [0.2, 0.25) is 0 Å². The van der Waals surface area contributed by atoms with E-state index in [-0.39, 0.29) is 0 Å². The number of aromatic nitrogens is 3. The molecule has 0 spiro atoms. The van der Waals surface area contributed by atoms with Crippen LogP contribution in [0.1, 0.15) is 5.69 Å². The van der Waals surface area contributed by atoms with Crippen molar-refractivity contribution >= 4 is 11.3 Å². The lowest BCUT2D eigenvalue weighted by atomic mass is 10.3. The van der Waals surface area contributed by atoms with Crippen LogP contribution in [-0.2, 0) is 6.42 Å². The molecule has 0 saturated heterocycles. The van der Waals surface area contributed by atoms with Gasteiger partial charge in [-0.15, -0.1) is 11.3 Å². The summed E-state index contributed by atoms with van der Waals surface area (Å²) >= 11 is 1.45. The molecule has 2 rings (SSSR count). The molecule has 0 aliphatic heterocycles. The molecule has 5 nitrogen and oxygen atoms in total. The van der Waals surface area contributed by atoms with E-state index in [0.29, 0.717) is 18.0 Å². The average Bonchev–Trinajstić information content (AvgIpc) is 2.78. The lowest BCUT2D eigenvalue weighted by molar-refractivity contribution is 0.397. The van der Waals surface area contributed by atoms with Gasteiger partial charge in [-0.2, -0.15) is 5.26 Å². The predicted molar refractivity (Wildman–Crippen MR) is 59.0 cm³/mol. The van der Waals surface area contributed by atoms with Crippen LogP contribution >= 0.6 is 11.3 Å². The second-order valence-electron chi connectivity index (χ2n) is 2.92. The molecule has 0 unspecified atom stereocenters. The molecule has 0 saturated carbocycles. The number of hydrogen-bond acceptors (Lipinski definition) is 6. The van der Waals surface area contributed by atoms with E-state index in [1.165, 1.54) is 17.7 Å². The van der Waals surface area contributed by atoms with Crippen molar-refractivity contribution in [3.63, 3.8) is 0 Å². The van der Waals surface area contributed by atoms with E-state index in [2.05, 4.69) is 21.0 Å². The third kappa shape index (κ3) is 2.15. The van der Waals surface area contributed by atoms with Gasteiger partial charge in [0.15, 0.2) is 0 Å². The average molecular weight is 232 g/mol. The summed E-state index contributed by atoms with van der Waals surface area (Å²) in [7, 11) is 1.55. The van der Waals surface area contributed by atoms with Crippen molar-refractivity contribution in [2.75, 3.05) is 7.11 Å². The highest BCUT2D eigenvalue weighted by Crippen LogP contribution is 2.23. The normalized spacial score (nSPS) is 9.75. The zero-order valence-electron chi connectivity index (χ0n) is 8.54. The molecule has 0 atom stereocenters. The third-order valence-electron chi connectivity index (χ3n) is 1.88. The number of ether oxygens (including phenoxy) is 1. The number of rotatable bonds is 3. The van der Waals surface area contributed by atoms with Crippen molar-refractivity contribution in [2.45, 2.75) is 6.42 Å². The van der Waals surface area contributed by atoms with Crippen molar-refractivity contribution in [1.82, 2.24) is 15.0 Å². The Morgan fingerprint density at radius 1 is 1.50 bits per heavy atom. The lowest BCUT2D eigenvalue weighted by Gasteiger charge is -1.98. The van der Waals surface area contributed by atoms with Crippen molar-refractivity contribution in [1.29, 1.82) is 5.26 Å². The molecule has 2 heterocycles. The maximum absolute atomic E-state index is 8.55. The fourth-order valence-corrected chi connectivity index (χ4v) is 1.94. The topological polar surface area (TPSA) is 71.7 Å². The summed E-state index contributed by atoms with van der Waals surface area (Å²) in [5, 5.41) is 11.2. The first-order valence-electron chi connectivity index (χ1n) is 4.51. The van der Waals surface area contributed by atoms with Gasteiger partial charge in [-0.05, 0) is 0 Å². The van der Waals surface area contributed by atoms with E-state index in [4.69, 9.17) is 10.00 Å². The maximum Gasteiger partial charge on any atom is 0.216 e. The zero-order chi connectivity index (χ0) is 11.4. The minimum Gasteiger partial charge on any atom is -0.481 e. The van der Waals surface area contributed by atoms with E-state index in [0.717, 1.165) is 10.7 Å². The summed E-state index contributed by atoms with van der Waals surface area (Å²) in [6.45, 7) is 0. The summed E-state index contributed by atoms with van der Waals surface area (Å²) in [6.07, 6.45) is 1.75. The van der Waals surface area contributed by atoms with E-state index < -0.39 is 0 Å². The van der Waals surface area contributed by atoms with E-state index in [1.54, 1.807) is 13.2 Å². The number of thiazole rings is 1. The minimum absolute atomic E-state index is 0.318. The summed E-state index contributed by atoms with van der Waals surface area (Å²) in [4.78, 5) is 12.3. The second-order valence-corrected chi connectivity index (χ2v) is 3.78. The number of hydrogen-bond donors (Lipinski definition) is 0. The first-order chi connectivity index (χ1) is 7.83. The molecule has 0 fully saturated rings. The highest BCUT2D eigenvalue weighted by molar-refractivity contribution is 7.13. The smallest absolute Gasteiger partial charge is 0.216 e. The van der Waals surface area contributed by atoms with Gasteiger partial charge in [-0.25, -0.2) is 15.0 Å². The van der Waals surface area contributed by atoms with Crippen molar-refractivity contribution in [3.8, 4) is 22.7 Å². The van der Waals surface area contributed by atoms with Gasteiger partial charge in [0, 0.05) is 11.4 Å². The third-order valence-corrected chi connectivity index (χ3v) is 2.80. The first kappa shape index (κ1) is 10.5. The van der Waals surface area contributed by atoms with Gasteiger partial charge >= 0.3 is 0 Å². The summed E-state index contributed by atoms with van der Waals surface area (Å²) in [6, 6.07) is 3.78. The summed E-state index contributed by atoms with van der Waals surface area (Å²) in [5.74, 6) is 0.502. The highest BCUT2D eigenvalue weighted by atomic mass is 32.1. The van der Waals surface area contributed by atoms with Gasteiger partial charge in [0.2, 0.25) is 5.88 Å². The molecule has 80 valence electrons. The Morgan fingerprint density at radius 3 is 3.12 bits per heavy atom. The quantitative estimate of drug-likeness (QED) is 0.805. The maximum atomic E-state index is 8.55. The number of methoxy groups -OCH3 is 1. The van der Waals surface area contributed by atoms with Gasteiger partial charge in [-0.3, -0.25) is 0 Å². The molecule has 6 heteroatoms. The SMILES string of the molecule is COc1cc(-c2nc(CC#N)cs2)ncn1. The standard InChI is InChI=1S/C10H8N4OS/c1-15-9-4-8(12-6-13-9)10-14-7(2-3-11)5-16-10/h4-6H,2H2,1H3. The van der Waals surface area contributed by atoms with E-state index in [1.807, 2.05) is 5.38 Å². The first-order valence-corrected chi connectivity index (χ1v) is 5.39. The van der Waals surface area contributed by atoms with Crippen LogP contribution in [0.25, 0.3) is 10.7 Å². The molecule has 0 bridgehead atoms. The molecule has 0 amide bonds. The predicted octanol–water partition coefficient (Wildman–Crippen LogP) is 1.67. The lowest BCUT2D eigenvalue weighted by Crippen LogP contribution is -1.90. The van der Waals surface area contributed by atoms with Crippen LogP contribution in [0, 0.1) is 11.3 Å². The molecular formula is C10H8N4OS. The molecule has 2 aromatic rings. The largest absolute Gasteiger partial charge is 0.481 e. The fraction of sp³-hybridized carbons (Fsp3) is 0.200. The summed E-state index contributed by atoms with van der Waals surface area (Å²) in [5.41, 5.74) is 1.47. The van der Waals surface area contributed by atoms with Crippen molar-refractivity contribution in [3.05, 3.63) is 23.5 Å². The van der Waals surface area contributed by atoms with E-state index >= 15 is 0 Å². The van der Waals surface area contributed by atoms with Crippen molar-refractivity contribution < 1.29 is 4.74 Å². The fourth-order valence-electron chi connectivity index (χ4n) is 1.15. The minimum atomic E-state index is 0.318. The zero-order valence-corrected chi connectivity index (χ0v) is 9.36. The monoisotopic (exact) mass is 232 g/mol. The molecule has 0 radical (unpaired) electrons. The molecule has 0 aliphatic carbocycles. The Kier molecular flexibility index (Phi) is 3.08. The molecule has 2 aromatic heterocycles. The van der Waals surface area contributed by atoms with E-state index in [9.17, 15) is 0 Å². The van der Waals surface area contributed by atoms with Gasteiger partial charge in [0.05, 0.1) is 25.3 Å². The Labute approximate surface area is 96.4 Å². The molecular weight excluding hydrogens is 224 g/mol. The van der Waals surface area contributed by atoms with Crippen molar-refractivity contribution in [2.24, 2.45) is 0 Å². The number of nitrogens with zero attached hydrogens (tertiary/aromatic N) is 4. The van der Waals surface area contributed by atoms with Crippen LogP contribution in [0.3, 0.4) is 0 Å². The van der Waals surface area contributed by atoms with Crippen LogP contribution in [0.4, 0.5) is 0 Å². The van der Waals surface area contributed by atoms with Gasteiger partial charge in [0.1, 0.15) is 17.0 Å². The van der Waals surface area contributed by atoms with Crippen LogP contribution < -0.4 is 4.74 Å².